The molecule has 1 aromatic heterocycles. The molecular weight excluding hydrogens is 332 g/mol. The maximum atomic E-state index is 12.4. The molecule has 6 nitrogen and oxygen atoms in total. The van der Waals surface area contributed by atoms with Crippen LogP contribution in [-0.4, -0.2) is 19.5 Å². The van der Waals surface area contributed by atoms with Gasteiger partial charge in [-0.15, -0.1) is 0 Å². The number of carboxylic acids is 1. The monoisotopic (exact) mass is 338 g/mol. The summed E-state index contributed by atoms with van der Waals surface area (Å²) >= 11 is 0. The van der Waals surface area contributed by atoms with Crippen molar-refractivity contribution in [3.63, 3.8) is 0 Å². The van der Waals surface area contributed by atoms with Crippen LogP contribution < -0.4 is 5.43 Å². The Hall–Kier alpha value is -2.38. The Morgan fingerprint density at radius 3 is 2.41 bits per heavy atom. The molecule has 0 aliphatic rings. The molecule has 3 aromatic rings. The Kier molecular flexibility index (Phi) is 3.19. The minimum atomic E-state index is -3.95. The summed E-state index contributed by atoms with van der Waals surface area (Å²) in [5.74, 6) is -1.16. The van der Waals surface area contributed by atoms with Gasteiger partial charge in [-0.1, -0.05) is 0 Å². The van der Waals surface area contributed by atoms with Crippen LogP contribution in [0.1, 0.15) is 10.4 Å². The molecule has 0 radical (unpaired) electrons. The van der Waals surface area contributed by atoms with Crippen molar-refractivity contribution in [2.75, 3.05) is 0 Å². The van der Waals surface area contributed by atoms with Crippen LogP contribution in [0.4, 0.5) is 0 Å². The number of halogens is 1. The van der Waals surface area contributed by atoms with Gasteiger partial charge in [-0.3, -0.25) is 4.79 Å². The molecule has 0 spiro atoms. The fourth-order valence-electron chi connectivity index (χ4n) is 2.12. The van der Waals surface area contributed by atoms with Gasteiger partial charge in [0.15, 0.2) is 0 Å². The third kappa shape index (κ3) is 2.34. The SMILES string of the molecule is O=C(O)c1ccc2oc3cc(S(=O)(=O)Cl)ccc3c(=O)c2c1. The van der Waals surface area contributed by atoms with Crippen LogP contribution in [0, 0.1) is 0 Å². The van der Waals surface area contributed by atoms with E-state index in [0.717, 1.165) is 6.07 Å². The lowest BCUT2D eigenvalue weighted by atomic mass is 10.1. The van der Waals surface area contributed by atoms with Crippen molar-refractivity contribution in [2.45, 2.75) is 4.90 Å². The van der Waals surface area contributed by atoms with Crippen LogP contribution in [-0.2, 0) is 9.05 Å². The van der Waals surface area contributed by atoms with Crippen molar-refractivity contribution in [1.82, 2.24) is 0 Å². The number of carbonyl (C=O) groups is 1. The van der Waals surface area contributed by atoms with Crippen LogP contribution >= 0.6 is 10.7 Å². The van der Waals surface area contributed by atoms with E-state index in [4.69, 9.17) is 20.2 Å². The number of benzene rings is 2. The highest BCUT2D eigenvalue weighted by atomic mass is 35.7. The van der Waals surface area contributed by atoms with Crippen LogP contribution in [0.3, 0.4) is 0 Å². The summed E-state index contributed by atoms with van der Waals surface area (Å²) in [4.78, 5) is 23.2. The van der Waals surface area contributed by atoms with Crippen LogP contribution in [0.15, 0.2) is 50.5 Å². The zero-order valence-electron chi connectivity index (χ0n) is 10.7. The largest absolute Gasteiger partial charge is 0.478 e. The predicted octanol–water partition coefficient (Wildman–Crippen LogP) is 2.57. The minimum Gasteiger partial charge on any atom is -0.478 e. The van der Waals surface area contributed by atoms with E-state index >= 15 is 0 Å². The highest BCUT2D eigenvalue weighted by molar-refractivity contribution is 8.13. The van der Waals surface area contributed by atoms with Gasteiger partial charge in [0.1, 0.15) is 11.2 Å². The van der Waals surface area contributed by atoms with Crippen LogP contribution in [0.25, 0.3) is 21.9 Å². The van der Waals surface area contributed by atoms with Gasteiger partial charge in [0.2, 0.25) is 5.43 Å². The molecule has 0 aliphatic heterocycles. The maximum absolute atomic E-state index is 12.4. The fourth-order valence-corrected chi connectivity index (χ4v) is 2.89. The lowest BCUT2D eigenvalue weighted by Crippen LogP contribution is -2.05. The number of fused-ring (bicyclic) bond motifs is 2. The molecule has 22 heavy (non-hydrogen) atoms. The van der Waals surface area contributed by atoms with Gasteiger partial charge in [0, 0.05) is 16.7 Å². The average Bonchev–Trinajstić information content (AvgIpc) is 2.45. The standard InChI is InChI=1S/C14H7ClO6S/c15-22(19,20)8-2-3-9-12(6-8)21-11-4-1-7(14(17)18)5-10(11)13(9)16/h1-6H,(H,17,18). The molecule has 0 bridgehead atoms. The van der Waals surface area contributed by atoms with E-state index < -0.39 is 20.4 Å². The second kappa shape index (κ2) is 4.82. The summed E-state index contributed by atoms with van der Waals surface area (Å²) in [5, 5.41) is 9.20. The van der Waals surface area contributed by atoms with E-state index in [-0.39, 0.29) is 32.4 Å². The summed E-state index contributed by atoms with van der Waals surface area (Å²) in [6.07, 6.45) is 0. The number of rotatable bonds is 2. The zero-order valence-corrected chi connectivity index (χ0v) is 12.3. The first-order valence-electron chi connectivity index (χ1n) is 5.96. The molecule has 1 heterocycles. The van der Waals surface area contributed by atoms with Gasteiger partial charge in [-0.05, 0) is 30.3 Å². The lowest BCUT2D eigenvalue weighted by molar-refractivity contribution is 0.0697. The second-order valence-corrected chi connectivity index (χ2v) is 7.11. The van der Waals surface area contributed by atoms with Gasteiger partial charge in [-0.2, -0.15) is 0 Å². The first-order chi connectivity index (χ1) is 10.3. The summed E-state index contributed by atoms with van der Waals surface area (Å²) in [6, 6.07) is 7.49. The molecular formula is C14H7ClO6S. The molecule has 0 fully saturated rings. The number of aromatic carboxylic acids is 1. The molecule has 0 atom stereocenters. The van der Waals surface area contributed by atoms with Crippen molar-refractivity contribution >= 4 is 47.6 Å². The zero-order chi connectivity index (χ0) is 16.1. The molecule has 0 aliphatic carbocycles. The highest BCUT2D eigenvalue weighted by Gasteiger charge is 2.15. The van der Waals surface area contributed by atoms with E-state index in [2.05, 4.69) is 0 Å². The minimum absolute atomic E-state index is 0.0425. The Balaban J connectivity index is 2.41. The molecule has 1 N–H and O–H groups in total. The average molecular weight is 339 g/mol. The van der Waals surface area contributed by atoms with Crippen molar-refractivity contribution in [1.29, 1.82) is 0 Å². The smallest absolute Gasteiger partial charge is 0.335 e. The molecule has 2 aromatic carbocycles. The molecule has 0 unspecified atom stereocenters. The first kappa shape index (κ1) is 14.6. The van der Waals surface area contributed by atoms with E-state index in [0.29, 0.717) is 0 Å². The first-order valence-corrected chi connectivity index (χ1v) is 8.27. The third-order valence-electron chi connectivity index (χ3n) is 3.17. The Bertz CT molecular complexity index is 1100. The van der Waals surface area contributed by atoms with Gasteiger partial charge in [-0.25, -0.2) is 13.2 Å². The maximum Gasteiger partial charge on any atom is 0.335 e. The predicted molar refractivity (Wildman–Crippen MR) is 80.0 cm³/mol. The number of carboxylic acid groups (broad SMARTS) is 1. The number of hydrogen-bond donors (Lipinski definition) is 1. The highest BCUT2D eigenvalue weighted by Crippen LogP contribution is 2.24. The third-order valence-corrected chi connectivity index (χ3v) is 4.52. The summed E-state index contributed by atoms with van der Waals surface area (Å²) in [6.45, 7) is 0. The topological polar surface area (TPSA) is 102 Å². The molecule has 8 heteroatoms. The van der Waals surface area contributed by atoms with Gasteiger partial charge < -0.3 is 9.52 Å². The second-order valence-electron chi connectivity index (χ2n) is 4.54. The van der Waals surface area contributed by atoms with Crippen molar-refractivity contribution < 1.29 is 22.7 Å². The van der Waals surface area contributed by atoms with Gasteiger partial charge in [0.05, 0.1) is 21.2 Å². The Labute approximate surface area is 128 Å². The summed E-state index contributed by atoms with van der Waals surface area (Å²) < 4.78 is 28.1. The van der Waals surface area contributed by atoms with Crippen molar-refractivity contribution in [3.8, 4) is 0 Å². The van der Waals surface area contributed by atoms with E-state index in [1.54, 1.807) is 0 Å². The normalized spacial score (nSPS) is 11.9. The van der Waals surface area contributed by atoms with E-state index in [9.17, 15) is 18.0 Å². The van der Waals surface area contributed by atoms with Gasteiger partial charge >= 0.3 is 5.97 Å². The molecule has 0 saturated heterocycles. The quantitative estimate of drug-likeness (QED) is 0.569. The van der Waals surface area contributed by atoms with E-state index in [1.165, 1.54) is 30.3 Å². The van der Waals surface area contributed by atoms with Crippen molar-refractivity contribution in [3.05, 3.63) is 52.2 Å². The molecule has 112 valence electrons. The summed E-state index contributed by atoms with van der Waals surface area (Å²) in [7, 11) is 1.31. The molecule has 3 rings (SSSR count). The Morgan fingerprint density at radius 1 is 1.05 bits per heavy atom. The van der Waals surface area contributed by atoms with Crippen LogP contribution in [0.2, 0.25) is 0 Å². The van der Waals surface area contributed by atoms with Crippen molar-refractivity contribution in [2.24, 2.45) is 0 Å². The molecule has 0 saturated carbocycles. The fraction of sp³-hybridized carbons (Fsp3) is 0. The van der Waals surface area contributed by atoms with E-state index in [1.807, 2.05) is 0 Å². The number of hydrogen-bond acceptors (Lipinski definition) is 5. The lowest BCUT2D eigenvalue weighted by Gasteiger charge is -2.03. The molecule has 0 amide bonds. The Morgan fingerprint density at radius 2 is 1.77 bits per heavy atom. The van der Waals surface area contributed by atoms with Gasteiger partial charge in [0.25, 0.3) is 9.05 Å². The summed E-state index contributed by atoms with van der Waals surface area (Å²) in [5.41, 5.74) is -0.272. The van der Waals surface area contributed by atoms with Crippen LogP contribution in [0.5, 0.6) is 0 Å².